The van der Waals surface area contributed by atoms with Gasteiger partial charge in [0.1, 0.15) is 5.82 Å². The Labute approximate surface area is 153 Å². The van der Waals surface area contributed by atoms with Crippen LogP contribution >= 0.6 is 0 Å². The third kappa shape index (κ3) is 4.35. The number of carboxylic acid groups (broad SMARTS) is 1. The number of aryl methyl sites for hydroxylation is 1. The minimum atomic E-state index is -0.770. The molecular weight excluding hydrogens is 330 g/mol. The van der Waals surface area contributed by atoms with Gasteiger partial charge in [0.05, 0.1) is 6.54 Å². The maximum atomic E-state index is 10.9. The van der Waals surface area contributed by atoms with Crippen molar-refractivity contribution in [3.63, 3.8) is 0 Å². The first kappa shape index (κ1) is 18.3. The van der Waals surface area contributed by atoms with Crippen LogP contribution in [-0.4, -0.2) is 56.1 Å². The van der Waals surface area contributed by atoms with Gasteiger partial charge >= 0.3 is 5.97 Å². The molecule has 2 N–H and O–H groups in total. The van der Waals surface area contributed by atoms with Crippen LogP contribution in [0, 0.1) is 0 Å². The minimum absolute atomic E-state index is 0.105. The summed E-state index contributed by atoms with van der Waals surface area (Å²) in [6.07, 6.45) is 6.17. The van der Waals surface area contributed by atoms with Gasteiger partial charge in [-0.15, -0.1) is 0 Å². The molecule has 7 nitrogen and oxygen atoms in total. The van der Waals surface area contributed by atoms with Crippen molar-refractivity contribution in [3.8, 4) is 11.4 Å². The molecule has 2 aromatic rings. The number of likely N-dealkylation sites (N-methyl/N-ethyl adjacent to an activating group) is 1. The van der Waals surface area contributed by atoms with Gasteiger partial charge in [-0.25, -0.2) is 9.97 Å². The van der Waals surface area contributed by atoms with Crippen molar-refractivity contribution in [2.24, 2.45) is 0 Å². The van der Waals surface area contributed by atoms with Gasteiger partial charge in [0.2, 0.25) is 0 Å². The van der Waals surface area contributed by atoms with Crippen LogP contribution in [0.2, 0.25) is 0 Å². The summed E-state index contributed by atoms with van der Waals surface area (Å²) in [5.74, 6) is 0.758. The molecule has 3 rings (SSSR count). The molecule has 0 amide bonds. The van der Waals surface area contributed by atoms with Crippen molar-refractivity contribution in [2.75, 3.05) is 18.4 Å². The van der Waals surface area contributed by atoms with Crippen LogP contribution in [0.4, 0.5) is 5.82 Å². The van der Waals surface area contributed by atoms with Crippen LogP contribution in [0.1, 0.15) is 32.4 Å². The highest BCUT2D eigenvalue weighted by Gasteiger charge is 2.34. The molecule has 1 saturated carbocycles. The smallest absolute Gasteiger partial charge is 0.317 e. The highest BCUT2D eigenvalue weighted by atomic mass is 16.4. The maximum absolute atomic E-state index is 10.9. The average molecular weight is 355 g/mol. The summed E-state index contributed by atoms with van der Waals surface area (Å²) in [5, 5.41) is 12.5. The van der Waals surface area contributed by atoms with E-state index in [9.17, 15) is 4.79 Å². The number of carboxylic acids is 1. The molecule has 2 aromatic heterocycles. The van der Waals surface area contributed by atoms with Gasteiger partial charge in [-0.05, 0) is 37.9 Å². The summed E-state index contributed by atoms with van der Waals surface area (Å²) in [7, 11) is 0. The lowest BCUT2D eigenvalue weighted by atomic mass is 9.85. The first-order valence-corrected chi connectivity index (χ1v) is 9.09. The molecule has 0 aromatic carbocycles. The Morgan fingerprint density at radius 1 is 1.27 bits per heavy atom. The van der Waals surface area contributed by atoms with Crippen LogP contribution in [0.5, 0.6) is 0 Å². The van der Waals surface area contributed by atoms with Gasteiger partial charge < -0.3 is 10.4 Å². The molecule has 0 spiro atoms. The number of pyridine rings is 1. The highest BCUT2D eigenvalue weighted by Crippen LogP contribution is 2.29. The number of anilines is 1. The van der Waals surface area contributed by atoms with E-state index in [1.54, 1.807) is 12.4 Å². The van der Waals surface area contributed by atoms with Crippen molar-refractivity contribution >= 4 is 11.8 Å². The molecule has 1 fully saturated rings. The second-order valence-corrected chi connectivity index (χ2v) is 6.58. The van der Waals surface area contributed by atoms with E-state index in [0.717, 1.165) is 42.9 Å². The fourth-order valence-electron chi connectivity index (χ4n) is 3.27. The summed E-state index contributed by atoms with van der Waals surface area (Å²) in [6, 6.07) is 6.44. The predicted octanol–water partition coefficient (Wildman–Crippen LogP) is 2.45. The molecule has 7 heteroatoms. The van der Waals surface area contributed by atoms with Crippen LogP contribution in [0.25, 0.3) is 11.4 Å². The Kier molecular flexibility index (Phi) is 5.78. The van der Waals surface area contributed by atoms with Crippen LogP contribution < -0.4 is 5.32 Å². The van der Waals surface area contributed by atoms with Gasteiger partial charge in [-0.1, -0.05) is 13.8 Å². The van der Waals surface area contributed by atoms with Gasteiger partial charge in [-0.3, -0.25) is 14.7 Å². The second kappa shape index (κ2) is 8.23. The van der Waals surface area contributed by atoms with Gasteiger partial charge in [0.15, 0.2) is 5.82 Å². The SMILES string of the molecule is CCc1cc(NC2CC(N(CC)CC(=O)O)C2)nc(-c2ccncc2)n1. The van der Waals surface area contributed by atoms with Gasteiger partial charge in [0.25, 0.3) is 0 Å². The molecule has 1 aliphatic rings. The summed E-state index contributed by atoms with van der Waals surface area (Å²) < 4.78 is 0. The number of hydrogen-bond donors (Lipinski definition) is 2. The average Bonchev–Trinajstić information content (AvgIpc) is 2.63. The molecular formula is C19H25N5O2. The molecule has 0 bridgehead atoms. The fraction of sp³-hybridized carbons (Fsp3) is 0.474. The van der Waals surface area contributed by atoms with E-state index in [2.05, 4.69) is 27.2 Å². The molecule has 138 valence electrons. The molecule has 0 radical (unpaired) electrons. The van der Waals surface area contributed by atoms with E-state index in [1.807, 2.05) is 30.0 Å². The summed E-state index contributed by atoms with van der Waals surface area (Å²) in [6.45, 7) is 4.94. The zero-order valence-electron chi connectivity index (χ0n) is 15.2. The fourth-order valence-corrected chi connectivity index (χ4v) is 3.27. The van der Waals surface area contributed by atoms with Crippen molar-refractivity contribution in [3.05, 3.63) is 36.3 Å². The van der Waals surface area contributed by atoms with Crippen molar-refractivity contribution in [2.45, 2.75) is 45.2 Å². The quantitative estimate of drug-likeness (QED) is 0.751. The Hall–Kier alpha value is -2.54. The van der Waals surface area contributed by atoms with E-state index < -0.39 is 5.97 Å². The molecule has 1 aliphatic carbocycles. The predicted molar refractivity (Wildman–Crippen MR) is 100.0 cm³/mol. The van der Waals surface area contributed by atoms with Gasteiger partial charge in [0, 0.05) is 41.8 Å². The number of aromatic nitrogens is 3. The summed E-state index contributed by atoms with van der Waals surface area (Å²) in [5.41, 5.74) is 1.94. The Morgan fingerprint density at radius 3 is 2.62 bits per heavy atom. The topological polar surface area (TPSA) is 91.2 Å². The molecule has 26 heavy (non-hydrogen) atoms. The number of carbonyl (C=O) groups is 1. The molecule has 0 saturated heterocycles. The molecule has 0 atom stereocenters. The van der Waals surface area contributed by atoms with E-state index in [-0.39, 0.29) is 6.54 Å². The lowest BCUT2D eigenvalue weighted by Gasteiger charge is -2.42. The van der Waals surface area contributed by atoms with E-state index >= 15 is 0 Å². The van der Waals surface area contributed by atoms with Crippen molar-refractivity contribution in [1.82, 2.24) is 19.9 Å². The zero-order chi connectivity index (χ0) is 18.5. The first-order valence-electron chi connectivity index (χ1n) is 9.09. The molecule has 0 aliphatic heterocycles. The second-order valence-electron chi connectivity index (χ2n) is 6.58. The number of nitrogens with zero attached hydrogens (tertiary/aromatic N) is 4. The number of aliphatic carboxylic acids is 1. The monoisotopic (exact) mass is 355 g/mol. The van der Waals surface area contributed by atoms with Gasteiger partial charge in [-0.2, -0.15) is 0 Å². The Morgan fingerprint density at radius 2 is 2.00 bits per heavy atom. The van der Waals surface area contributed by atoms with Crippen molar-refractivity contribution in [1.29, 1.82) is 0 Å². The highest BCUT2D eigenvalue weighted by molar-refractivity contribution is 5.69. The molecule has 0 unspecified atom stereocenters. The molecule has 2 heterocycles. The van der Waals surface area contributed by atoms with Crippen LogP contribution in [0.3, 0.4) is 0 Å². The lowest BCUT2D eigenvalue weighted by molar-refractivity contribution is -0.139. The summed E-state index contributed by atoms with van der Waals surface area (Å²) >= 11 is 0. The Balaban J connectivity index is 1.67. The largest absolute Gasteiger partial charge is 0.480 e. The third-order valence-corrected chi connectivity index (χ3v) is 4.81. The Bertz CT molecular complexity index is 747. The number of nitrogens with one attached hydrogen (secondary N) is 1. The minimum Gasteiger partial charge on any atom is -0.480 e. The zero-order valence-corrected chi connectivity index (χ0v) is 15.2. The van der Waals surface area contributed by atoms with E-state index in [0.29, 0.717) is 17.9 Å². The van der Waals surface area contributed by atoms with E-state index in [1.165, 1.54) is 0 Å². The number of hydrogen-bond acceptors (Lipinski definition) is 6. The van der Waals surface area contributed by atoms with Crippen molar-refractivity contribution < 1.29 is 9.90 Å². The van der Waals surface area contributed by atoms with Crippen LogP contribution in [-0.2, 0) is 11.2 Å². The normalized spacial score (nSPS) is 19.2. The number of rotatable bonds is 8. The standard InChI is InChI=1S/C19H25N5O2/c1-3-14-11-17(23-19(22-14)13-5-7-20-8-6-13)21-15-9-16(10-15)24(4-2)12-18(25)26/h5-8,11,15-16H,3-4,9-10,12H2,1-2H3,(H,25,26)(H,21,22,23). The first-order chi connectivity index (χ1) is 12.6. The summed E-state index contributed by atoms with van der Waals surface area (Å²) in [4.78, 5) is 26.3. The third-order valence-electron chi connectivity index (χ3n) is 4.81. The van der Waals surface area contributed by atoms with E-state index in [4.69, 9.17) is 5.11 Å². The maximum Gasteiger partial charge on any atom is 0.317 e. The lowest BCUT2D eigenvalue weighted by Crippen LogP contribution is -2.51. The van der Waals surface area contributed by atoms with Crippen LogP contribution in [0.15, 0.2) is 30.6 Å².